The third kappa shape index (κ3) is 4.08. The number of hydrogen-bond acceptors (Lipinski definition) is 1. The SMILES string of the molecule is O=C(F)CBr. The van der Waals surface area contributed by atoms with Crippen molar-refractivity contribution in [1.29, 1.82) is 0 Å². The number of rotatable bonds is 1. The Balaban J connectivity index is 2.85. The highest BCUT2D eigenvalue weighted by molar-refractivity contribution is 9.09. The number of carbonyl (C=O) groups is 1. The van der Waals surface area contributed by atoms with E-state index < -0.39 is 6.04 Å². The molecule has 0 amide bonds. The minimum Gasteiger partial charge on any atom is -0.260 e. The van der Waals surface area contributed by atoms with Gasteiger partial charge in [-0.05, 0) is 0 Å². The van der Waals surface area contributed by atoms with Crippen molar-refractivity contribution in [2.45, 2.75) is 0 Å². The predicted molar refractivity (Wildman–Crippen MR) is 19.9 cm³/mol. The van der Waals surface area contributed by atoms with E-state index in [-0.39, 0.29) is 5.33 Å². The topological polar surface area (TPSA) is 17.1 Å². The van der Waals surface area contributed by atoms with Crippen LogP contribution in [0, 0.1) is 0 Å². The van der Waals surface area contributed by atoms with Crippen LogP contribution >= 0.6 is 15.9 Å². The molecule has 0 aromatic heterocycles. The number of hydrogen-bond donors (Lipinski definition) is 0. The lowest BCUT2D eigenvalue weighted by molar-refractivity contribution is -0.126. The molecule has 0 aliphatic rings. The van der Waals surface area contributed by atoms with E-state index in [0.29, 0.717) is 0 Å². The van der Waals surface area contributed by atoms with Crippen molar-refractivity contribution < 1.29 is 9.18 Å². The lowest BCUT2D eigenvalue weighted by atomic mass is 10.9. The second kappa shape index (κ2) is 2.33. The average molecular weight is 141 g/mol. The van der Waals surface area contributed by atoms with Gasteiger partial charge in [-0.2, -0.15) is 4.39 Å². The van der Waals surface area contributed by atoms with Gasteiger partial charge in [-0.25, -0.2) is 0 Å². The number of alkyl halides is 1. The lowest BCUT2D eigenvalue weighted by Crippen LogP contribution is -1.82. The summed E-state index contributed by atoms with van der Waals surface area (Å²) in [6.07, 6.45) is 0. The summed E-state index contributed by atoms with van der Waals surface area (Å²) in [5, 5.41) is -0.188. The van der Waals surface area contributed by atoms with Gasteiger partial charge in [0.1, 0.15) is 0 Å². The molecule has 0 aliphatic carbocycles. The van der Waals surface area contributed by atoms with Crippen molar-refractivity contribution in [2.75, 3.05) is 5.33 Å². The Labute approximate surface area is 37.3 Å². The zero-order chi connectivity index (χ0) is 4.28. The van der Waals surface area contributed by atoms with Crippen molar-refractivity contribution >= 4 is 22.0 Å². The molecule has 0 unspecified atom stereocenters. The Hall–Kier alpha value is 0.0800. The normalized spacial score (nSPS) is 7.60. The van der Waals surface area contributed by atoms with Gasteiger partial charge in [0.15, 0.2) is 0 Å². The van der Waals surface area contributed by atoms with E-state index in [1.165, 1.54) is 0 Å². The van der Waals surface area contributed by atoms with Crippen molar-refractivity contribution in [3.05, 3.63) is 0 Å². The summed E-state index contributed by atoms with van der Waals surface area (Å²) in [5.74, 6) is 0. The highest BCUT2D eigenvalue weighted by atomic mass is 79.9. The van der Waals surface area contributed by atoms with Crippen LogP contribution in [-0.4, -0.2) is 11.4 Å². The molecule has 0 saturated heterocycles. The first-order valence-corrected chi connectivity index (χ1v) is 2.14. The van der Waals surface area contributed by atoms with Gasteiger partial charge in [-0.15, -0.1) is 0 Å². The van der Waals surface area contributed by atoms with Gasteiger partial charge in [-0.3, -0.25) is 4.79 Å². The monoisotopic (exact) mass is 140 g/mol. The third-order valence-electron chi connectivity index (χ3n) is 0.105. The maximum Gasteiger partial charge on any atom is 0.311 e. The van der Waals surface area contributed by atoms with Crippen LogP contribution in [0.15, 0.2) is 0 Å². The molecule has 30 valence electrons. The van der Waals surface area contributed by atoms with E-state index in [4.69, 9.17) is 4.79 Å². The first-order chi connectivity index (χ1) is 2.27. The standard InChI is InChI=1S/C2H2BrFO/c3-1-2(4)5/h1H2. The van der Waals surface area contributed by atoms with Crippen LogP contribution < -0.4 is 0 Å². The molecular weight excluding hydrogens is 139 g/mol. The molecule has 1 nitrogen and oxygen atoms in total. The molecule has 0 N–H and O–H groups in total. The van der Waals surface area contributed by atoms with E-state index in [1.54, 1.807) is 0 Å². The van der Waals surface area contributed by atoms with E-state index in [0.717, 1.165) is 0 Å². The fourth-order valence-electron chi connectivity index (χ4n) is 0. The molecule has 0 atom stereocenters. The molecule has 0 rings (SSSR count). The van der Waals surface area contributed by atoms with Crippen LogP contribution in [-0.2, 0) is 4.79 Å². The molecule has 0 heterocycles. The fraction of sp³-hybridized carbons (Fsp3) is 0.500. The van der Waals surface area contributed by atoms with Gasteiger partial charge < -0.3 is 0 Å². The Morgan fingerprint density at radius 3 is 2.20 bits per heavy atom. The Morgan fingerprint density at radius 2 is 2.20 bits per heavy atom. The van der Waals surface area contributed by atoms with Gasteiger partial charge in [0.05, 0.1) is 5.33 Å². The van der Waals surface area contributed by atoms with Crippen LogP contribution in [0.5, 0.6) is 0 Å². The van der Waals surface area contributed by atoms with Crippen LogP contribution in [0.25, 0.3) is 0 Å². The van der Waals surface area contributed by atoms with Gasteiger partial charge >= 0.3 is 6.04 Å². The summed E-state index contributed by atoms with van der Waals surface area (Å²) in [4.78, 5) is 9.10. The van der Waals surface area contributed by atoms with E-state index in [9.17, 15) is 4.39 Å². The summed E-state index contributed by atoms with van der Waals surface area (Å²) in [7, 11) is 0. The van der Waals surface area contributed by atoms with Crippen LogP contribution in [0.3, 0.4) is 0 Å². The van der Waals surface area contributed by atoms with E-state index >= 15 is 0 Å². The predicted octanol–water partition coefficient (Wildman–Crippen LogP) is 0.877. The van der Waals surface area contributed by atoms with Crippen molar-refractivity contribution in [1.82, 2.24) is 0 Å². The largest absolute Gasteiger partial charge is 0.311 e. The van der Waals surface area contributed by atoms with Gasteiger partial charge in [-0.1, -0.05) is 15.9 Å². The fourth-order valence-corrected chi connectivity index (χ4v) is 0. The Kier molecular flexibility index (Phi) is 2.36. The summed E-state index contributed by atoms with van der Waals surface area (Å²) in [6, 6.07) is -1.33. The van der Waals surface area contributed by atoms with E-state index in [2.05, 4.69) is 15.9 Å². The molecule has 0 aromatic rings. The minimum absolute atomic E-state index is 0.188. The van der Waals surface area contributed by atoms with Crippen LogP contribution in [0.2, 0.25) is 0 Å². The van der Waals surface area contributed by atoms with Gasteiger partial charge in [0, 0.05) is 0 Å². The van der Waals surface area contributed by atoms with Gasteiger partial charge in [0.2, 0.25) is 0 Å². The maximum atomic E-state index is 10.7. The molecule has 3 heteroatoms. The zero-order valence-corrected chi connectivity index (χ0v) is 3.96. The van der Waals surface area contributed by atoms with Crippen molar-refractivity contribution in [2.24, 2.45) is 0 Å². The minimum atomic E-state index is -1.33. The number of halogens is 2. The smallest absolute Gasteiger partial charge is 0.260 e. The second-order valence-corrected chi connectivity index (χ2v) is 1.05. The lowest BCUT2D eigenvalue weighted by Gasteiger charge is -1.64. The molecule has 0 spiro atoms. The highest BCUT2D eigenvalue weighted by Crippen LogP contribution is 1.79. The Morgan fingerprint density at radius 1 is 2.00 bits per heavy atom. The summed E-state index contributed by atoms with van der Waals surface area (Å²) < 4.78 is 10.7. The molecule has 0 aliphatic heterocycles. The van der Waals surface area contributed by atoms with Crippen molar-refractivity contribution in [3.63, 3.8) is 0 Å². The summed E-state index contributed by atoms with van der Waals surface area (Å²) in [5.41, 5.74) is 0. The molecule has 0 radical (unpaired) electrons. The molecule has 5 heavy (non-hydrogen) atoms. The summed E-state index contributed by atoms with van der Waals surface area (Å²) in [6.45, 7) is 0. The first-order valence-electron chi connectivity index (χ1n) is 1.01. The summed E-state index contributed by atoms with van der Waals surface area (Å²) >= 11 is 2.59. The Bertz CT molecular complexity index is 44.9. The molecule has 0 fully saturated rings. The highest BCUT2D eigenvalue weighted by Gasteiger charge is 1.85. The molecule has 0 saturated carbocycles. The second-order valence-electron chi connectivity index (χ2n) is 0.489. The third-order valence-corrected chi connectivity index (χ3v) is 0.546. The zero-order valence-electron chi connectivity index (χ0n) is 2.37. The van der Waals surface area contributed by atoms with Crippen LogP contribution in [0.1, 0.15) is 0 Å². The van der Waals surface area contributed by atoms with Crippen LogP contribution in [0.4, 0.5) is 4.39 Å². The van der Waals surface area contributed by atoms with Crippen molar-refractivity contribution in [3.8, 4) is 0 Å². The first kappa shape index (κ1) is 5.08. The quantitative estimate of drug-likeness (QED) is 0.391. The van der Waals surface area contributed by atoms with E-state index in [1.807, 2.05) is 0 Å². The number of carbonyl (C=O) groups excluding carboxylic acids is 1. The molecule has 0 bridgehead atoms. The molecule has 0 aromatic carbocycles. The maximum absolute atomic E-state index is 10.7. The average Bonchev–Trinajstić information content (AvgIpc) is 1.38. The van der Waals surface area contributed by atoms with Gasteiger partial charge in [0.25, 0.3) is 0 Å². The molecular formula is C2H2BrFO.